The van der Waals surface area contributed by atoms with Crippen molar-refractivity contribution in [3.05, 3.63) is 77.9 Å². The lowest BCUT2D eigenvalue weighted by Gasteiger charge is -2.33. The van der Waals surface area contributed by atoms with Crippen molar-refractivity contribution in [2.45, 2.75) is 69.5 Å². The van der Waals surface area contributed by atoms with Crippen LogP contribution < -0.4 is 23.8 Å². The van der Waals surface area contributed by atoms with Crippen LogP contribution in [0.5, 0.6) is 17.2 Å². The molecule has 2 amide bonds. The maximum Gasteiger partial charge on any atom is 0.264 e. The predicted molar refractivity (Wildman–Crippen MR) is 173 cm³/mol. The van der Waals surface area contributed by atoms with E-state index in [1.807, 2.05) is 19.1 Å². The molecule has 45 heavy (non-hydrogen) atoms. The number of hydrogen-bond donors (Lipinski definition) is 1. The van der Waals surface area contributed by atoms with Crippen molar-refractivity contribution in [3.8, 4) is 17.2 Å². The van der Waals surface area contributed by atoms with Gasteiger partial charge in [-0.15, -0.1) is 0 Å². The summed E-state index contributed by atoms with van der Waals surface area (Å²) in [6.45, 7) is 3.11. The van der Waals surface area contributed by atoms with Crippen LogP contribution in [0, 0.1) is 6.92 Å². The molecule has 1 fully saturated rings. The second kappa shape index (κ2) is 15.2. The second-order valence-corrected chi connectivity index (χ2v) is 13.1. The molecule has 11 heteroatoms. The van der Waals surface area contributed by atoms with Gasteiger partial charge in [-0.05, 0) is 68.7 Å². The number of nitrogens with zero attached hydrogens (tertiary/aromatic N) is 2. The molecule has 0 bridgehead atoms. The van der Waals surface area contributed by atoms with Crippen LogP contribution in [0.25, 0.3) is 0 Å². The van der Waals surface area contributed by atoms with Gasteiger partial charge in [0.2, 0.25) is 11.8 Å². The number of carbonyl (C=O) groups excluding carboxylic acids is 2. The molecule has 0 heterocycles. The van der Waals surface area contributed by atoms with Gasteiger partial charge in [-0.25, -0.2) is 8.42 Å². The molecule has 3 aromatic rings. The maximum absolute atomic E-state index is 14.3. The summed E-state index contributed by atoms with van der Waals surface area (Å²) in [5.41, 5.74) is 1.98. The van der Waals surface area contributed by atoms with Crippen molar-refractivity contribution >= 4 is 27.5 Å². The average Bonchev–Trinajstić information content (AvgIpc) is 3.06. The molecule has 0 radical (unpaired) electrons. The number of aryl methyl sites for hydroxylation is 1. The Morgan fingerprint density at radius 2 is 1.58 bits per heavy atom. The highest BCUT2D eigenvalue weighted by atomic mass is 32.2. The highest BCUT2D eigenvalue weighted by Gasteiger charge is 2.33. The first-order valence-electron chi connectivity index (χ1n) is 15.1. The van der Waals surface area contributed by atoms with Crippen molar-refractivity contribution in [1.82, 2.24) is 10.2 Å². The lowest BCUT2D eigenvalue weighted by Crippen LogP contribution is -2.53. The highest BCUT2D eigenvalue weighted by Crippen LogP contribution is 2.32. The third-order valence-electron chi connectivity index (χ3n) is 8.15. The summed E-state index contributed by atoms with van der Waals surface area (Å²) in [5, 5.41) is 3.12. The maximum atomic E-state index is 14.3. The van der Waals surface area contributed by atoms with Crippen molar-refractivity contribution in [3.63, 3.8) is 0 Å². The van der Waals surface area contributed by atoms with E-state index in [-0.39, 0.29) is 29.1 Å². The first-order chi connectivity index (χ1) is 21.6. The zero-order valence-electron chi connectivity index (χ0n) is 26.6. The Kier molecular flexibility index (Phi) is 11.3. The quantitative estimate of drug-likeness (QED) is 0.278. The summed E-state index contributed by atoms with van der Waals surface area (Å²) in [6, 6.07) is 17.6. The minimum Gasteiger partial charge on any atom is -0.497 e. The number of hydrogen-bond acceptors (Lipinski definition) is 7. The molecule has 0 aromatic heterocycles. The van der Waals surface area contributed by atoms with Gasteiger partial charge in [0.15, 0.2) is 11.5 Å². The Balaban J connectivity index is 1.71. The topological polar surface area (TPSA) is 114 Å². The van der Waals surface area contributed by atoms with Gasteiger partial charge in [-0.1, -0.05) is 49.1 Å². The van der Waals surface area contributed by atoms with Crippen molar-refractivity contribution in [2.24, 2.45) is 0 Å². The third kappa shape index (κ3) is 8.27. The minimum atomic E-state index is -4.28. The van der Waals surface area contributed by atoms with Crippen LogP contribution in [-0.2, 0) is 26.2 Å². The lowest BCUT2D eigenvalue weighted by molar-refractivity contribution is -0.139. The predicted octanol–water partition coefficient (Wildman–Crippen LogP) is 5.08. The molecule has 10 nitrogen and oxygen atoms in total. The Labute approximate surface area is 266 Å². The molecule has 1 atom stereocenters. The molecule has 1 N–H and O–H groups in total. The van der Waals surface area contributed by atoms with E-state index in [1.165, 1.54) is 37.3 Å². The summed E-state index contributed by atoms with van der Waals surface area (Å²) in [5.74, 6) is 0.408. The summed E-state index contributed by atoms with van der Waals surface area (Å²) in [7, 11) is 0.167. The Hall–Kier alpha value is -4.25. The summed E-state index contributed by atoms with van der Waals surface area (Å²) < 4.78 is 45.5. The van der Waals surface area contributed by atoms with Gasteiger partial charge in [-0.2, -0.15) is 0 Å². The van der Waals surface area contributed by atoms with Gasteiger partial charge in [0, 0.05) is 18.7 Å². The highest BCUT2D eigenvalue weighted by molar-refractivity contribution is 7.92. The van der Waals surface area contributed by atoms with Crippen LogP contribution in [0.3, 0.4) is 0 Å². The number of benzene rings is 3. The number of sulfonamides is 1. The van der Waals surface area contributed by atoms with Crippen molar-refractivity contribution < 1.29 is 32.2 Å². The van der Waals surface area contributed by atoms with Gasteiger partial charge >= 0.3 is 0 Å². The number of ether oxygens (including phenoxy) is 3. The molecule has 1 unspecified atom stereocenters. The minimum absolute atomic E-state index is 0.0527. The van der Waals surface area contributed by atoms with Gasteiger partial charge in [0.1, 0.15) is 18.3 Å². The summed E-state index contributed by atoms with van der Waals surface area (Å²) in [6.07, 6.45) is 5.03. The number of rotatable bonds is 13. The van der Waals surface area contributed by atoms with E-state index in [2.05, 4.69) is 5.32 Å². The fraction of sp³-hybridized carbons (Fsp3) is 0.412. The van der Waals surface area contributed by atoms with Crippen molar-refractivity contribution in [1.29, 1.82) is 0 Å². The average molecular weight is 638 g/mol. The fourth-order valence-corrected chi connectivity index (χ4v) is 6.89. The zero-order chi connectivity index (χ0) is 32.6. The van der Waals surface area contributed by atoms with Gasteiger partial charge in [0.25, 0.3) is 10.0 Å². The fourth-order valence-electron chi connectivity index (χ4n) is 5.46. The third-order valence-corrected chi connectivity index (χ3v) is 9.92. The number of anilines is 1. The van der Waals surface area contributed by atoms with Crippen LogP contribution in [0.4, 0.5) is 5.69 Å². The van der Waals surface area contributed by atoms with E-state index in [0.29, 0.717) is 17.2 Å². The standard InChI is InChI=1S/C34H43N3O7S/c1-24-14-16-28(17-15-24)37(45(40,41)30-18-19-31(43-4)32(21-30)44-5)23-33(38)36(22-26-10-9-13-29(20-26)42-3)25(2)34(39)35-27-11-7-6-8-12-27/h9-10,13-21,25,27H,6-8,11-12,22-23H2,1-5H3,(H,35,39). The van der Waals surface area contributed by atoms with Gasteiger partial charge in [-0.3, -0.25) is 13.9 Å². The molecule has 0 aliphatic heterocycles. The van der Waals surface area contributed by atoms with Crippen LogP contribution >= 0.6 is 0 Å². The zero-order valence-corrected chi connectivity index (χ0v) is 27.4. The number of methoxy groups -OCH3 is 3. The summed E-state index contributed by atoms with van der Waals surface area (Å²) in [4.78, 5) is 29.1. The van der Waals surface area contributed by atoms with E-state index >= 15 is 0 Å². The van der Waals surface area contributed by atoms with E-state index in [1.54, 1.807) is 50.4 Å². The number of nitrogens with one attached hydrogen (secondary N) is 1. The van der Waals surface area contributed by atoms with Gasteiger partial charge < -0.3 is 24.4 Å². The van der Waals surface area contributed by atoms with E-state index in [0.717, 1.165) is 47.5 Å². The van der Waals surface area contributed by atoms with E-state index in [4.69, 9.17) is 14.2 Å². The molecule has 0 saturated heterocycles. The normalized spacial score (nSPS) is 14.2. The van der Waals surface area contributed by atoms with Crippen molar-refractivity contribution in [2.75, 3.05) is 32.2 Å². The molecule has 3 aromatic carbocycles. The number of amides is 2. The van der Waals surface area contributed by atoms with E-state index < -0.39 is 28.5 Å². The SMILES string of the molecule is COc1cccc(CN(C(=O)CN(c2ccc(C)cc2)S(=O)(=O)c2ccc(OC)c(OC)c2)C(C)C(=O)NC2CCCCC2)c1. The van der Waals surface area contributed by atoms with E-state index in [9.17, 15) is 18.0 Å². The summed E-state index contributed by atoms with van der Waals surface area (Å²) >= 11 is 0. The lowest BCUT2D eigenvalue weighted by atomic mass is 9.95. The Morgan fingerprint density at radius 1 is 0.889 bits per heavy atom. The largest absolute Gasteiger partial charge is 0.497 e. The van der Waals surface area contributed by atoms with Crippen LogP contribution in [0.15, 0.2) is 71.6 Å². The smallest absolute Gasteiger partial charge is 0.264 e. The Bertz CT molecular complexity index is 1570. The molecule has 1 saturated carbocycles. The molecule has 0 spiro atoms. The molecular formula is C34H43N3O7S. The van der Waals surface area contributed by atoms with Crippen LogP contribution in [0.2, 0.25) is 0 Å². The number of carbonyl (C=O) groups is 2. The molecule has 1 aliphatic carbocycles. The molecule has 1 aliphatic rings. The van der Waals surface area contributed by atoms with Crippen LogP contribution in [-0.4, -0.2) is 65.1 Å². The second-order valence-electron chi connectivity index (χ2n) is 11.3. The van der Waals surface area contributed by atoms with Crippen LogP contribution in [0.1, 0.15) is 50.2 Å². The Morgan fingerprint density at radius 3 is 2.22 bits per heavy atom. The monoisotopic (exact) mass is 637 g/mol. The first kappa shape index (κ1) is 33.6. The molecular weight excluding hydrogens is 594 g/mol. The van der Waals surface area contributed by atoms with Gasteiger partial charge in [0.05, 0.1) is 31.9 Å². The molecule has 242 valence electrons. The first-order valence-corrected chi connectivity index (χ1v) is 16.6. The molecule has 4 rings (SSSR count).